The highest BCUT2D eigenvalue weighted by Crippen LogP contribution is 2.32. The van der Waals surface area contributed by atoms with E-state index in [1.165, 1.54) is 25.7 Å². The second kappa shape index (κ2) is 5.80. The number of hydrogen-bond acceptors (Lipinski definition) is 4. The van der Waals surface area contributed by atoms with Gasteiger partial charge in [-0.15, -0.1) is 0 Å². The second-order valence-corrected chi connectivity index (χ2v) is 5.42. The molecule has 0 spiro atoms. The van der Waals surface area contributed by atoms with Crippen molar-refractivity contribution in [2.75, 3.05) is 19.1 Å². The Balaban J connectivity index is 1.58. The normalized spacial score (nSPS) is 18.5. The fourth-order valence-electron chi connectivity index (χ4n) is 2.65. The number of fused-ring (bicyclic) bond motifs is 1. The molecule has 4 heteroatoms. The van der Waals surface area contributed by atoms with Gasteiger partial charge in [-0.3, -0.25) is 0 Å². The maximum Gasteiger partial charge on any atom is 0.189 e. The van der Waals surface area contributed by atoms with E-state index in [-0.39, 0.29) is 0 Å². The number of benzene rings is 1. The van der Waals surface area contributed by atoms with Crippen LogP contribution in [0.1, 0.15) is 36.8 Å². The average Bonchev–Trinajstić information content (AvgIpc) is 2.36. The van der Waals surface area contributed by atoms with Gasteiger partial charge in [0.2, 0.25) is 0 Å². The molecule has 0 amide bonds. The number of rotatable bonds is 5. The highest BCUT2D eigenvalue weighted by molar-refractivity contribution is 5.53. The molecule has 0 aromatic heterocycles. The lowest BCUT2D eigenvalue weighted by Crippen LogP contribution is -2.15. The smallest absolute Gasteiger partial charge is 0.189 e. The zero-order valence-corrected chi connectivity index (χ0v) is 11.2. The van der Waals surface area contributed by atoms with Gasteiger partial charge in [0.25, 0.3) is 0 Å². The Morgan fingerprint density at radius 2 is 2.21 bits per heavy atom. The molecule has 104 valence electrons. The standard InChI is InChI=1S/C15H21NO3/c16-14-6-12(8-17-5-4-11-2-1-3-11)15-13(7-14)9-18-10-19-15/h6-7,11H,1-5,8-10,16H2. The van der Waals surface area contributed by atoms with Gasteiger partial charge in [-0.2, -0.15) is 0 Å². The summed E-state index contributed by atoms with van der Waals surface area (Å²) in [5.74, 6) is 1.78. The van der Waals surface area contributed by atoms with E-state index in [1.54, 1.807) is 0 Å². The summed E-state index contributed by atoms with van der Waals surface area (Å²) in [4.78, 5) is 0. The lowest BCUT2D eigenvalue weighted by Gasteiger charge is -2.25. The van der Waals surface area contributed by atoms with E-state index < -0.39 is 0 Å². The average molecular weight is 263 g/mol. The molecule has 2 aliphatic rings. The van der Waals surface area contributed by atoms with Crippen LogP contribution in [0, 0.1) is 5.92 Å². The third-order valence-corrected chi connectivity index (χ3v) is 3.96. The SMILES string of the molecule is Nc1cc(COCCC2CCC2)c2c(c1)COCO2. The highest BCUT2D eigenvalue weighted by Gasteiger charge is 2.18. The van der Waals surface area contributed by atoms with Crippen LogP contribution in [0.3, 0.4) is 0 Å². The van der Waals surface area contributed by atoms with Crippen LogP contribution in [0.5, 0.6) is 5.75 Å². The van der Waals surface area contributed by atoms with Gasteiger partial charge in [0.1, 0.15) is 5.75 Å². The summed E-state index contributed by atoms with van der Waals surface area (Å²) in [6, 6.07) is 3.85. The number of hydrogen-bond donors (Lipinski definition) is 1. The first-order valence-corrected chi connectivity index (χ1v) is 7.02. The van der Waals surface area contributed by atoms with Crippen molar-refractivity contribution in [2.45, 2.75) is 38.9 Å². The Morgan fingerprint density at radius 1 is 1.32 bits per heavy atom. The Hall–Kier alpha value is -1.26. The zero-order chi connectivity index (χ0) is 13.1. The van der Waals surface area contributed by atoms with Gasteiger partial charge in [0.05, 0.1) is 13.2 Å². The monoisotopic (exact) mass is 263 g/mol. The van der Waals surface area contributed by atoms with E-state index in [0.29, 0.717) is 20.0 Å². The molecule has 1 heterocycles. The maximum atomic E-state index is 5.90. The molecule has 0 unspecified atom stereocenters. The first-order chi connectivity index (χ1) is 9.33. The summed E-state index contributed by atoms with van der Waals surface area (Å²) in [5, 5.41) is 0. The van der Waals surface area contributed by atoms with Gasteiger partial charge in [0.15, 0.2) is 6.79 Å². The lowest BCUT2D eigenvalue weighted by molar-refractivity contribution is -0.0185. The van der Waals surface area contributed by atoms with Crippen molar-refractivity contribution < 1.29 is 14.2 Å². The van der Waals surface area contributed by atoms with Crippen molar-refractivity contribution in [1.82, 2.24) is 0 Å². The molecule has 0 saturated heterocycles. The molecule has 2 N–H and O–H groups in total. The fourth-order valence-corrected chi connectivity index (χ4v) is 2.65. The minimum Gasteiger partial charge on any atom is -0.467 e. The predicted octanol–water partition coefficient (Wildman–Crippen LogP) is 2.84. The van der Waals surface area contributed by atoms with E-state index >= 15 is 0 Å². The second-order valence-electron chi connectivity index (χ2n) is 5.42. The zero-order valence-electron chi connectivity index (χ0n) is 11.2. The van der Waals surface area contributed by atoms with Crippen LogP contribution in [0.4, 0.5) is 5.69 Å². The third-order valence-electron chi connectivity index (χ3n) is 3.96. The van der Waals surface area contributed by atoms with Crippen molar-refractivity contribution >= 4 is 5.69 Å². The van der Waals surface area contributed by atoms with E-state index in [2.05, 4.69) is 0 Å². The molecule has 0 atom stereocenters. The molecule has 1 aliphatic carbocycles. The summed E-state index contributed by atoms with van der Waals surface area (Å²) in [6.07, 6.45) is 5.31. The minimum absolute atomic E-state index is 0.312. The van der Waals surface area contributed by atoms with Gasteiger partial charge in [-0.1, -0.05) is 19.3 Å². The van der Waals surface area contributed by atoms with Gasteiger partial charge >= 0.3 is 0 Å². The minimum atomic E-state index is 0.312. The number of ether oxygens (including phenoxy) is 3. The van der Waals surface area contributed by atoms with Gasteiger partial charge in [-0.05, 0) is 24.5 Å². The van der Waals surface area contributed by atoms with Crippen molar-refractivity contribution in [3.63, 3.8) is 0 Å². The van der Waals surface area contributed by atoms with Gasteiger partial charge in [0, 0.05) is 23.4 Å². The molecule has 1 fully saturated rings. The number of anilines is 1. The Bertz CT molecular complexity index is 443. The summed E-state index contributed by atoms with van der Waals surface area (Å²) in [7, 11) is 0. The molecule has 1 aromatic rings. The maximum absolute atomic E-state index is 5.90. The van der Waals surface area contributed by atoms with Crippen molar-refractivity contribution in [2.24, 2.45) is 5.92 Å². The molecular weight excluding hydrogens is 242 g/mol. The van der Waals surface area contributed by atoms with E-state index in [0.717, 1.165) is 35.1 Å². The Kier molecular flexibility index (Phi) is 3.89. The quantitative estimate of drug-likeness (QED) is 0.655. The van der Waals surface area contributed by atoms with E-state index in [4.69, 9.17) is 19.9 Å². The Morgan fingerprint density at radius 3 is 3.00 bits per heavy atom. The van der Waals surface area contributed by atoms with Crippen LogP contribution in [0.15, 0.2) is 12.1 Å². The van der Waals surface area contributed by atoms with Crippen molar-refractivity contribution in [1.29, 1.82) is 0 Å². The number of nitrogens with two attached hydrogens (primary N) is 1. The van der Waals surface area contributed by atoms with E-state index in [1.807, 2.05) is 12.1 Å². The highest BCUT2D eigenvalue weighted by atomic mass is 16.7. The van der Waals surface area contributed by atoms with Crippen molar-refractivity contribution in [3.05, 3.63) is 23.3 Å². The van der Waals surface area contributed by atoms with Crippen LogP contribution in [0.25, 0.3) is 0 Å². The molecule has 3 rings (SSSR count). The first-order valence-electron chi connectivity index (χ1n) is 7.02. The summed E-state index contributed by atoms with van der Waals surface area (Å²) >= 11 is 0. The Labute approximate surface area is 113 Å². The van der Waals surface area contributed by atoms with Crippen LogP contribution >= 0.6 is 0 Å². The molecule has 19 heavy (non-hydrogen) atoms. The largest absolute Gasteiger partial charge is 0.467 e. The van der Waals surface area contributed by atoms with Crippen molar-refractivity contribution in [3.8, 4) is 5.75 Å². The summed E-state index contributed by atoms with van der Waals surface area (Å²) < 4.78 is 16.6. The van der Waals surface area contributed by atoms with Crippen LogP contribution in [-0.2, 0) is 22.7 Å². The molecule has 4 nitrogen and oxygen atoms in total. The third kappa shape index (κ3) is 3.01. The molecule has 1 aromatic carbocycles. The first kappa shape index (κ1) is 12.8. The fraction of sp³-hybridized carbons (Fsp3) is 0.600. The molecule has 1 aliphatic heterocycles. The number of nitrogen functional groups attached to an aromatic ring is 1. The topological polar surface area (TPSA) is 53.7 Å². The van der Waals surface area contributed by atoms with E-state index in [9.17, 15) is 0 Å². The molecule has 0 bridgehead atoms. The van der Waals surface area contributed by atoms with Crippen LogP contribution in [-0.4, -0.2) is 13.4 Å². The van der Waals surface area contributed by atoms with Gasteiger partial charge < -0.3 is 19.9 Å². The lowest BCUT2D eigenvalue weighted by atomic mass is 9.83. The van der Waals surface area contributed by atoms with Crippen LogP contribution < -0.4 is 10.5 Å². The predicted molar refractivity (Wildman–Crippen MR) is 72.8 cm³/mol. The van der Waals surface area contributed by atoms with Gasteiger partial charge in [-0.25, -0.2) is 0 Å². The molecule has 0 radical (unpaired) electrons. The van der Waals surface area contributed by atoms with Crippen LogP contribution in [0.2, 0.25) is 0 Å². The molecule has 1 saturated carbocycles. The summed E-state index contributed by atoms with van der Waals surface area (Å²) in [5.41, 5.74) is 8.69. The molecular formula is C15H21NO3. The summed E-state index contributed by atoms with van der Waals surface area (Å²) in [6.45, 7) is 2.27.